The van der Waals surface area contributed by atoms with Gasteiger partial charge in [0.15, 0.2) is 0 Å². The summed E-state index contributed by atoms with van der Waals surface area (Å²) < 4.78 is 0. The van der Waals surface area contributed by atoms with Crippen molar-refractivity contribution >= 4 is 17.5 Å². The fourth-order valence-electron chi connectivity index (χ4n) is 2.16. The van der Waals surface area contributed by atoms with Crippen LogP contribution < -0.4 is 10.6 Å². The highest BCUT2D eigenvalue weighted by Crippen LogP contribution is 2.35. The molecule has 4 heteroatoms. The predicted octanol–water partition coefficient (Wildman–Crippen LogP) is 2.00. The zero-order valence-corrected chi connectivity index (χ0v) is 10.9. The molecule has 2 amide bonds. The Labute approximate surface area is 107 Å². The average Bonchev–Trinajstić information content (AvgIpc) is 2.48. The maximum absolute atomic E-state index is 12.2. The molecule has 1 saturated heterocycles. The largest absolute Gasteiger partial charge is 0.324 e. The Morgan fingerprint density at radius 2 is 2.00 bits per heavy atom. The standard InChI is InChI=1S/C14H18N2O2/c1-9(15)10-5-4-6-11(7-10)16-12(17)8-14(2,3)13(16)18/h4-7,9H,8,15H2,1-3H3. The molecule has 0 aliphatic carbocycles. The summed E-state index contributed by atoms with van der Waals surface area (Å²) in [6.45, 7) is 5.46. The molecule has 1 heterocycles. The molecule has 4 nitrogen and oxygen atoms in total. The number of imide groups is 1. The molecule has 1 fully saturated rings. The van der Waals surface area contributed by atoms with E-state index in [4.69, 9.17) is 5.73 Å². The van der Waals surface area contributed by atoms with Crippen molar-refractivity contribution < 1.29 is 9.59 Å². The Morgan fingerprint density at radius 3 is 2.50 bits per heavy atom. The van der Waals surface area contributed by atoms with Crippen LogP contribution in [-0.2, 0) is 9.59 Å². The molecule has 1 unspecified atom stereocenters. The first-order valence-corrected chi connectivity index (χ1v) is 6.06. The zero-order chi connectivity index (χ0) is 13.5. The third-order valence-corrected chi connectivity index (χ3v) is 3.28. The van der Waals surface area contributed by atoms with Gasteiger partial charge in [-0.25, -0.2) is 0 Å². The van der Waals surface area contributed by atoms with Crippen molar-refractivity contribution in [2.75, 3.05) is 4.90 Å². The van der Waals surface area contributed by atoms with Crippen molar-refractivity contribution in [3.63, 3.8) is 0 Å². The van der Waals surface area contributed by atoms with E-state index in [9.17, 15) is 9.59 Å². The molecule has 1 aromatic rings. The van der Waals surface area contributed by atoms with Gasteiger partial charge in [-0.3, -0.25) is 14.5 Å². The first-order valence-electron chi connectivity index (χ1n) is 6.06. The fraction of sp³-hybridized carbons (Fsp3) is 0.429. The molecule has 96 valence electrons. The minimum absolute atomic E-state index is 0.120. The first-order chi connectivity index (χ1) is 8.33. The van der Waals surface area contributed by atoms with E-state index in [0.717, 1.165) is 5.56 Å². The van der Waals surface area contributed by atoms with Crippen molar-refractivity contribution in [1.29, 1.82) is 0 Å². The molecular weight excluding hydrogens is 228 g/mol. The van der Waals surface area contributed by atoms with E-state index in [2.05, 4.69) is 0 Å². The quantitative estimate of drug-likeness (QED) is 0.812. The van der Waals surface area contributed by atoms with Gasteiger partial charge >= 0.3 is 0 Å². The molecule has 1 aliphatic heterocycles. The molecular formula is C14H18N2O2. The minimum atomic E-state index is -0.610. The van der Waals surface area contributed by atoms with Gasteiger partial charge in [0.25, 0.3) is 0 Å². The van der Waals surface area contributed by atoms with Crippen molar-refractivity contribution in [3.05, 3.63) is 29.8 Å². The van der Waals surface area contributed by atoms with E-state index in [1.165, 1.54) is 4.90 Å². The lowest BCUT2D eigenvalue weighted by atomic mass is 9.92. The summed E-state index contributed by atoms with van der Waals surface area (Å²) in [5.74, 6) is -0.291. The number of nitrogens with zero attached hydrogens (tertiary/aromatic N) is 1. The number of anilines is 1. The molecule has 0 saturated carbocycles. The van der Waals surface area contributed by atoms with Crippen LogP contribution in [0.15, 0.2) is 24.3 Å². The molecule has 0 bridgehead atoms. The summed E-state index contributed by atoms with van der Waals surface area (Å²) in [5, 5.41) is 0. The second kappa shape index (κ2) is 4.21. The SMILES string of the molecule is CC(N)c1cccc(N2C(=O)CC(C)(C)C2=O)c1. The Balaban J connectivity index is 2.41. The fourth-order valence-corrected chi connectivity index (χ4v) is 2.16. The molecule has 18 heavy (non-hydrogen) atoms. The van der Waals surface area contributed by atoms with Crippen molar-refractivity contribution in [2.45, 2.75) is 33.2 Å². The molecule has 1 aliphatic rings. The van der Waals surface area contributed by atoms with Crippen LogP contribution in [0.25, 0.3) is 0 Å². The van der Waals surface area contributed by atoms with Gasteiger partial charge in [-0.1, -0.05) is 26.0 Å². The number of benzene rings is 1. The van der Waals surface area contributed by atoms with Gasteiger partial charge in [-0.15, -0.1) is 0 Å². The number of hydrogen-bond donors (Lipinski definition) is 1. The molecule has 0 spiro atoms. The van der Waals surface area contributed by atoms with E-state index in [1.54, 1.807) is 19.9 Å². The van der Waals surface area contributed by atoms with E-state index in [-0.39, 0.29) is 24.3 Å². The monoisotopic (exact) mass is 246 g/mol. The van der Waals surface area contributed by atoms with Crippen LogP contribution in [-0.4, -0.2) is 11.8 Å². The molecule has 0 radical (unpaired) electrons. The molecule has 2 N–H and O–H groups in total. The Bertz CT molecular complexity index is 506. The smallest absolute Gasteiger partial charge is 0.239 e. The van der Waals surface area contributed by atoms with Gasteiger partial charge in [0, 0.05) is 12.5 Å². The highest BCUT2D eigenvalue weighted by molar-refractivity contribution is 6.22. The third-order valence-electron chi connectivity index (χ3n) is 3.28. The molecule has 1 atom stereocenters. The summed E-state index contributed by atoms with van der Waals surface area (Å²) in [6.07, 6.45) is 0.258. The second-order valence-corrected chi connectivity index (χ2v) is 5.48. The third kappa shape index (κ3) is 2.04. The van der Waals surface area contributed by atoms with Crippen LogP contribution in [0.5, 0.6) is 0 Å². The van der Waals surface area contributed by atoms with Crippen molar-refractivity contribution in [3.8, 4) is 0 Å². The number of carbonyl (C=O) groups is 2. The van der Waals surface area contributed by atoms with Gasteiger partial charge in [0.2, 0.25) is 11.8 Å². The number of amides is 2. The summed E-state index contributed by atoms with van der Waals surface area (Å²) >= 11 is 0. The number of carbonyl (C=O) groups excluding carboxylic acids is 2. The molecule has 2 rings (SSSR count). The van der Waals surface area contributed by atoms with Gasteiger partial charge in [-0.05, 0) is 24.6 Å². The highest BCUT2D eigenvalue weighted by Gasteiger charge is 2.45. The van der Waals surface area contributed by atoms with Crippen LogP contribution in [0.2, 0.25) is 0 Å². The van der Waals surface area contributed by atoms with Crippen LogP contribution in [0.3, 0.4) is 0 Å². The number of hydrogen-bond acceptors (Lipinski definition) is 3. The Hall–Kier alpha value is -1.68. The molecule has 1 aromatic carbocycles. The van der Waals surface area contributed by atoms with Gasteiger partial charge in [-0.2, -0.15) is 0 Å². The topological polar surface area (TPSA) is 63.4 Å². The maximum atomic E-state index is 12.2. The lowest BCUT2D eigenvalue weighted by Gasteiger charge is -2.19. The summed E-state index contributed by atoms with van der Waals surface area (Å²) in [6, 6.07) is 7.17. The van der Waals surface area contributed by atoms with Crippen LogP contribution in [0, 0.1) is 5.41 Å². The lowest BCUT2D eigenvalue weighted by Crippen LogP contribution is -2.33. The van der Waals surface area contributed by atoms with Gasteiger partial charge < -0.3 is 5.73 Å². The zero-order valence-electron chi connectivity index (χ0n) is 10.9. The van der Waals surface area contributed by atoms with E-state index in [1.807, 2.05) is 25.1 Å². The lowest BCUT2D eigenvalue weighted by molar-refractivity contribution is -0.124. The van der Waals surface area contributed by atoms with E-state index < -0.39 is 5.41 Å². The highest BCUT2D eigenvalue weighted by atomic mass is 16.2. The Morgan fingerprint density at radius 1 is 1.33 bits per heavy atom. The van der Waals surface area contributed by atoms with E-state index >= 15 is 0 Å². The normalized spacial score (nSPS) is 20.3. The summed E-state index contributed by atoms with van der Waals surface area (Å²) in [4.78, 5) is 25.4. The number of rotatable bonds is 2. The first kappa shape index (κ1) is 12.8. The minimum Gasteiger partial charge on any atom is -0.324 e. The van der Waals surface area contributed by atoms with Crippen LogP contribution in [0.1, 0.15) is 38.8 Å². The van der Waals surface area contributed by atoms with E-state index in [0.29, 0.717) is 5.69 Å². The van der Waals surface area contributed by atoms with Crippen molar-refractivity contribution in [1.82, 2.24) is 0 Å². The summed E-state index contributed by atoms with van der Waals surface area (Å²) in [7, 11) is 0. The summed E-state index contributed by atoms with van der Waals surface area (Å²) in [5.41, 5.74) is 6.74. The van der Waals surface area contributed by atoms with Crippen molar-refractivity contribution in [2.24, 2.45) is 11.1 Å². The van der Waals surface area contributed by atoms with Crippen LogP contribution in [0.4, 0.5) is 5.69 Å². The van der Waals surface area contributed by atoms with Gasteiger partial charge in [0.1, 0.15) is 0 Å². The van der Waals surface area contributed by atoms with Gasteiger partial charge in [0.05, 0.1) is 11.1 Å². The average molecular weight is 246 g/mol. The Kier molecular flexibility index (Phi) is 2.99. The second-order valence-electron chi connectivity index (χ2n) is 5.48. The predicted molar refractivity (Wildman–Crippen MR) is 69.9 cm³/mol. The van der Waals surface area contributed by atoms with Crippen LogP contribution >= 0.6 is 0 Å². The maximum Gasteiger partial charge on any atom is 0.239 e. The molecule has 0 aromatic heterocycles. The number of nitrogens with two attached hydrogens (primary N) is 1.